The Bertz CT molecular complexity index is 305. The van der Waals surface area contributed by atoms with Gasteiger partial charge in [-0.05, 0) is 65.6 Å². The van der Waals surface area contributed by atoms with Gasteiger partial charge in [0.15, 0.2) is 0 Å². The summed E-state index contributed by atoms with van der Waals surface area (Å²) in [5.41, 5.74) is -0.503. The molecule has 0 aliphatic heterocycles. The van der Waals surface area contributed by atoms with Crippen LogP contribution in [0.25, 0.3) is 0 Å². The Hall–Kier alpha value is -0.610. The van der Waals surface area contributed by atoms with E-state index in [1.165, 1.54) is 45.8 Å². The molecular weight excluding hydrogens is 264 g/mol. The molecule has 0 aromatic carbocycles. The van der Waals surface area contributed by atoms with Gasteiger partial charge in [-0.3, -0.25) is 10.1 Å². The fraction of sp³-hybridized carbons (Fsp3) is 0.941. The molecule has 1 aliphatic rings. The van der Waals surface area contributed by atoms with Gasteiger partial charge in [-0.2, -0.15) is 0 Å². The van der Waals surface area contributed by atoms with Crippen molar-refractivity contribution >= 4 is 5.97 Å². The zero-order valence-electron chi connectivity index (χ0n) is 14.4. The minimum Gasteiger partial charge on any atom is -0.468 e. The molecule has 1 fully saturated rings. The number of esters is 1. The zero-order chi connectivity index (χ0) is 15.7. The van der Waals surface area contributed by atoms with Crippen molar-refractivity contribution < 1.29 is 9.53 Å². The molecule has 0 radical (unpaired) electrons. The molecule has 0 aromatic rings. The van der Waals surface area contributed by atoms with E-state index >= 15 is 0 Å². The summed E-state index contributed by atoms with van der Waals surface area (Å²) in [7, 11) is 3.67. The number of unbranched alkanes of at least 4 members (excludes halogenated alkanes) is 3. The smallest absolute Gasteiger partial charge is 0.325 e. The molecule has 1 aliphatic carbocycles. The molecular formula is C17H34N2O2. The molecule has 4 nitrogen and oxygen atoms in total. The fourth-order valence-corrected chi connectivity index (χ4v) is 2.74. The van der Waals surface area contributed by atoms with Crippen molar-refractivity contribution in [3.05, 3.63) is 0 Å². The predicted octanol–water partition coefficient (Wildman–Crippen LogP) is 2.96. The Labute approximate surface area is 130 Å². The van der Waals surface area contributed by atoms with Crippen LogP contribution in [-0.4, -0.2) is 49.7 Å². The Morgan fingerprint density at radius 1 is 1.24 bits per heavy atom. The van der Waals surface area contributed by atoms with Gasteiger partial charge < -0.3 is 9.64 Å². The van der Waals surface area contributed by atoms with Gasteiger partial charge in [-0.25, -0.2) is 0 Å². The Morgan fingerprint density at radius 3 is 2.38 bits per heavy atom. The highest BCUT2D eigenvalue weighted by Gasteiger charge is 2.38. The van der Waals surface area contributed by atoms with Crippen LogP contribution in [0.3, 0.4) is 0 Å². The maximum absolute atomic E-state index is 12.0. The molecule has 0 heterocycles. The molecule has 1 rings (SSSR count). The average molecular weight is 298 g/mol. The van der Waals surface area contributed by atoms with Crippen molar-refractivity contribution in [2.45, 2.75) is 76.8 Å². The molecule has 0 bridgehead atoms. The van der Waals surface area contributed by atoms with Gasteiger partial charge in [-0.1, -0.05) is 19.8 Å². The van der Waals surface area contributed by atoms with Gasteiger partial charge in [0, 0.05) is 6.04 Å². The molecule has 124 valence electrons. The van der Waals surface area contributed by atoms with E-state index in [2.05, 4.69) is 24.2 Å². The third-order valence-corrected chi connectivity index (χ3v) is 4.35. The number of carbonyl (C=O) groups is 1. The third kappa shape index (κ3) is 7.28. The largest absolute Gasteiger partial charge is 0.468 e. The Morgan fingerprint density at radius 2 is 1.86 bits per heavy atom. The lowest BCUT2D eigenvalue weighted by Crippen LogP contribution is -2.51. The third-order valence-electron chi connectivity index (χ3n) is 4.35. The quantitative estimate of drug-likeness (QED) is 0.444. The highest BCUT2D eigenvalue weighted by molar-refractivity contribution is 5.80. The average Bonchev–Trinajstić information content (AvgIpc) is 3.26. The van der Waals surface area contributed by atoms with Gasteiger partial charge in [0.25, 0.3) is 0 Å². The van der Waals surface area contributed by atoms with Gasteiger partial charge in [0.05, 0.1) is 7.11 Å². The SMILES string of the molecule is CCCCCN(C)CCCCC(C)(NC1CC1)C(=O)OC. The number of hydrogen-bond acceptors (Lipinski definition) is 4. The van der Waals surface area contributed by atoms with Crippen LogP contribution in [0.5, 0.6) is 0 Å². The lowest BCUT2D eigenvalue weighted by molar-refractivity contribution is -0.148. The van der Waals surface area contributed by atoms with E-state index in [1.54, 1.807) is 0 Å². The first-order valence-electron chi connectivity index (χ1n) is 8.56. The summed E-state index contributed by atoms with van der Waals surface area (Å²) < 4.78 is 4.98. The van der Waals surface area contributed by atoms with Crippen LogP contribution in [0, 0.1) is 0 Å². The second-order valence-electron chi connectivity index (χ2n) is 6.71. The van der Waals surface area contributed by atoms with Crippen molar-refractivity contribution in [2.75, 3.05) is 27.2 Å². The highest BCUT2D eigenvalue weighted by atomic mass is 16.5. The molecule has 0 saturated heterocycles. The van der Waals surface area contributed by atoms with E-state index in [4.69, 9.17) is 4.74 Å². The minimum atomic E-state index is -0.503. The summed E-state index contributed by atoms with van der Waals surface area (Å²) in [5, 5.41) is 3.46. The van der Waals surface area contributed by atoms with Crippen molar-refractivity contribution in [3.8, 4) is 0 Å². The van der Waals surface area contributed by atoms with Crippen LogP contribution in [0.4, 0.5) is 0 Å². The van der Waals surface area contributed by atoms with Crippen LogP contribution in [0.2, 0.25) is 0 Å². The lowest BCUT2D eigenvalue weighted by Gasteiger charge is -2.28. The molecule has 0 aromatic heterocycles. The van der Waals surface area contributed by atoms with E-state index < -0.39 is 5.54 Å². The molecule has 21 heavy (non-hydrogen) atoms. The molecule has 0 spiro atoms. The molecule has 1 N–H and O–H groups in total. The number of nitrogens with one attached hydrogen (secondary N) is 1. The summed E-state index contributed by atoms with van der Waals surface area (Å²) in [6.07, 6.45) is 9.31. The summed E-state index contributed by atoms with van der Waals surface area (Å²) in [6.45, 7) is 6.52. The van der Waals surface area contributed by atoms with E-state index in [-0.39, 0.29) is 5.97 Å². The Balaban J connectivity index is 2.22. The molecule has 4 heteroatoms. The number of nitrogens with zero attached hydrogens (tertiary/aromatic N) is 1. The number of carbonyl (C=O) groups excluding carboxylic acids is 1. The molecule has 1 unspecified atom stereocenters. The maximum Gasteiger partial charge on any atom is 0.325 e. The molecule has 1 atom stereocenters. The number of methoxy groups -OCH3 is 1. The zero-order valence-corrected chi connectivity index (χ0v) is 14.4. The lowest BCUT2D eigenvalue weighted by atomic mass is 9.94. The molecule has 0 amide bonds. The first kappa shape index (κ1) is 18.4. The number of ether oxygens (including phenoxy) is 1. The second-order valence-corrected chi connectivity index (χ2v) is 6.71. The fourth-order valence-electron chi connectivity index (χ4n) is 2.74. The highest BCUT2D eigenvalue weighted by Crippen LogP contribution is 2.26. The first-order valence-corrected chi connectivity index (χ1v) is 8.56. The first-order chi connectivity index (χ1) is 10.0. The standard InChI is InChI=1S/C17H34N2O2/c1-5-6-8-13-19(3)14-9-7-12-17(2,16(20)21-4)18-15-10-11-15/h15,18H,5-14H2,1-4H3. The van der Waals surface area contributed by atoms with Gasteiger partial charge >= 0.3 is 5.97 Å². The van der Waals surface area contributed by atoms with Gasteiger partial charge in [0.2, 0.25) is 0 Å². The van der Waals surface area contributed by atoms with E-state index in [9.17, 15) is 4.79 Å². The number of rotatable bonds is 12. The van der Waals surface area contributed by atoms with Crippen LogP contribution in [0.1, 0.15) is 65.2 Å². The summed E-state index contributed by atoms with van der Waals surface area (Å²) >= 11 is 0. The van der Waals surface area contributed by atoms with Crippen molar-refractivity contribution in [2.24, 2.45) is 0 Å². The normalized spacial score (nSPS) is 17.8. The maximum atomic E-state index is 12.0. The van der Waals surface area contributed by atoms with Crippen molar-refractivity contribution in [3.63, 3.8) is 0 Å². The number of hydrogen-bond donors (Lipinski definition) is 1. The van der Waals surface area contributed by atoms with E-state index in [0.29, 0.717) is 6.04 Å². The second kappa shape index (κ2) is 9.42. The van der Waals surface area contributed by atoms with E-state index in [1.807, 2.05) is 6.92 Å². The van der Waals surface area contributed by atoms with Crippen molar-refractivity contribution in [1.29, 1.82) is 0 Å². The van der Waals surface area contributed by atoms with E-state index in [0.717, 1.165) is 25.8 Å². The Kier molecular flexibility index (Phi) is 8.27. The monoisotopic (exact) mass is 298 g/mol. The van der Waals surface area contributed by atoms with Crippen LogP contribution in [0.15, 0.2) is 0 Å². The van der Waals surface area contributed by atoms with Gasteiger partial charge in [-0.15, -0.1) is 0 Å². The summed E-state index contributed by atoms with van der Waals surface area (Å²) in [5.74, 6) is -0.120. The topological polar surface area (TPSA) is 41.6 Å². The summed E-state index contributed by atoms with van der Waals surface area (Å²) in [4.78, 5) is 14.4. The molecule has 1 saturated carbocycles. The van der Waals surface area contributed by atoms with Crippen LogP contribution in [-0.2, 0) is 9.53 Å². The van der Waals surface area contributed by atoms with Crippen molar-refractivity contribution in [1.82, 2.24) is 10.2 Å². The van der Waals surface area contributed by atoms with Crippen LogP contribution < -0.4 is 5.32 Å². The summed E-state index contributed by atoms with van der Waals surface area (Å²) in [6, 6.07) is 0.519. The predicted molar refractivity (Wildman–Crippen MR) is 87.5 cm³/mol. The minimum absolute atomic E-state index is 0.120. The van der Waals surface area contributed by atoms with Gasteiger partial charge in [0.1, 0.15) is 5.54 Å². The van der Waals surface area contributed by atoms with Crippen LogP contribution >= 0.6 is 0 Å².